The first kappa shape index (κ1) is 27.8. The number of ether oxygens (including phenoxy) is 1. The van der Waals surface area contributed by atoms with E-state index in [0.717, 1.165) is 49.8 Å². The van der Waals surface area contributed by atoms with Gasteiger partial charge in [-0.2, -0.15) is 0 Å². The molecule has 0 aliphatic heterocycles. The van der Waals surface area contributed by atoms with E-state index >= 15 is 0 Å². The van der Waals surface area contributed by atoms with Crippen LogP contribution in [0.1, 0.15) is 60.9 Å². The van der Waals surface area contributed by atoms with Gasteiger partial charge in [-0.05, 0) is 56.7 Å². The zero-order valence-electron chi connectivity index (χ0n) is 20.0. The number of carbonyl (C=O) groups excluding carboxylic acids is 2. The Morgan fingerprint density at radius 1 is 1.11 bits per heavy atom. The summed E-state index contributed by atoms with van der Waals surface area (Å²) < 4.78 is 5.57. The molecule has 1 fully saturated rings. The summed E-state index contributed by atoms with van der Waals surface area (Å²) in [5.41, 5.74) is 6.93. The molecular weight excluding hydrogens is 505 g/mol. The molecule has 3 rings (SSSR count). The summed E-state index contributed by atoms with van der Waals surface area (Å²) in [6.45, 7) is 0.823. The fourth-order valence-corrected chi connectivity index (χ4v) is 4.39. The number of halogens is 2. The van der Waals surface area contributed by atoms with Crippen molar-refractivity contribution >= 4 is 40.8 Å². The number of oxime groups is 1. The van der Waals surface area contributed by atoms with E-state index in [1.807, 2.05) is 30.3 Å². The average Bonchev–Trinajstić information content (AvgIpc) is 2.89. The number of nitrogens with two attached hydrogens (primary N) is 1. The molecule has 1 saturated carbocycles. The van der Waals surface area contributed by atoms with Gasteiger partial charge in [-0.1, -0.05) is 65.1 Å². The Labute approximate surface area is 220 Å². The Morgan fingerprint density at radius 2 is 1.83 bits per heavy atom. The smallest absolute Gasteiger partial charge is 0.357 e. The zero-order valence-corrected chi connectivity index (χ0v) is 21.5. The topological polar surface area (TPSA) is 123 Å². The quantitative estimate of drug-likeness (QED) is 0.211. The fourth-order valence-electron chi connectivity index (χ4n) is 3.82. The average molecular weight is 536 g/mol. The van der Waals surface area contributed by atoms with Crippen molar-refractivity contribution in [2.75, 3.05) is 13.2 Å². The van der Waals surface area contributed by atoms with Crippen LogP contribution in [0.4, 0.5) is 0 Å². The number of phenolic OH excluding ortho intramolecular Hbond substituents is 1. The first-order valence-corrected chi connectivity index (χ1v) is 12.8. The summed E-state index contributed by atoms with van der Waals surface area (Å²) in [6.07, 6.45) is 6.32. The maximum absolute atomic E-state index is 13.1. The molecular formula is C26H31Cl2N3O5. The highest BCUT2D eigenvalue weighted by Crippen LogP contribution is 2.42. The van der Waals surface area contributed by atoms with Crippen LogP contribution >= 0.6 is 23.2 Å². The maximum atomic E-state index is 13.1. The van der Waals surface area contributed by atoms with Gasteiger partial charge in [-0.15, -0.1) is 0 Å². The molecule has 0 saturated heterocycles. The van der Waals surface area contributed by atoms with Crippen LogP contribution in [0.25, 0.3) is 0 Å². The largest absolute Gasteiger partial charge is 0.505 e. The number of benzene rings is 2. The van der Waals surface area contributed by atoms with Crippen LogP contribution in [-0.4, -0.2) is 41.9 Å². The first-order valence-electron chi connectivity index (χ1n) is 12.1. The molecule has 1 aliphatic rings. The van der Waals surface area contributed by atoms with Crippen molar-refractivity contribution in [3.8, 4) is 11.5 Å². The van der Waals surface area contributed by atoms with Gasteiger partial charge in [0, 0.05) is 6.42 Å². The lowest BCUT2D eigenvalue weighted by atomic mass is 9.99. The second kappa shape index (κ2) is 14.1. The minimum atomic E-state index is -1.06. The Balaban J connectivity index is 1.77. The second-order valence-corrected chi connectivity index (χ2v) is 9.37. The Morgan fingerprint density at radius 3 is 2.53 bits per heavy atom. The lowest BCUT2D eigenvalue weighted by Gasteiger charge is -2.18. The molecule has 2 aromatic carbocycles. The fraction of sp³-hybridized carbons (Fsp3) is 0.423. The summed E-state index contributed by atoms with van der Waals surface area (Å²) in [5.74, 6) is -1.87. The maximum Gasteiger partial charge on any atom is 0.357 e. The van der Waals surface area contributed by atoms with Crippen molar-refractivity contribution < 1.29 is 24.3 Å². The third-order valence-electron chi connectivity index (χ3n) is 5.81. The predicted molar refractivity (Wildman–Crippen MR) is 140 cm³/mol. The minimum Gasteiger partial charge on any atom is -0.505 e. The van der Waals surface area contributed by atoms with Crippen LogP contribution in [0.2, 0.25) is 10.0 Å². The van der Waals surface area contributed by atoms with Crippen LogP contribution in [0, 0.1) is 0 Å². The Hall–Kier alpha value is -2.81. The number of nitrogens with one attached hydrogen (secondary N) is 1. The number of nitrogens with zero attached hydrogens (tertiary/aromatic N) is 1. The minimum absolute atomic E-state index is 0.0570. The van der Waals surface area contributed by atoms with E-state index < -0.39 is 23.7 Å². The molecule has 194 valence electrons. The molecule has 0 aromatic heterocycles. The van der Waals surface area contributed by atoms with E-state index in [9.17, 15) is 14.7 Å². The predicted octanol–water partition coefficient (Wildman–Crippen LogP) is 5.02. The van der Waals surface area contributed by atoms with E-state index in [2.05, 4.69) is 10.5 Å². The summed E-state index contributed by atoms with van der Waals surface area (Å²) in [5, 5.41) is 17.1. The van der Waals surface area contributed by atoms with Gasteiger partial charge in [-0.3, -0.25) is 4.79 Å². The van der Waals surface area contributed by atoms with Gasteiger partial charge in [0.05, 0.1) is 22.9 Å². The van der Waals surface area contributed by atoms with E-state index in [0.29, 0.717) is 19.6 Å². The molecule has 10 heteroatoms. The summed E-state index contributed by atoms with van der Waals surface area (Å²) in [4.78, 5) is 31.2. The van der Waals surface area contributed by atoms with Gasteiger partial charge in [0.1, 0.15) is 11.1 Å². The standard InChI is InChI=1S/C26H31Cl2N3O5/c27-20-16-19(23(32)22(28)24(20)35-14-8-7-13-29)25(33)30-21(15-17-9-3-1-4-10-17)26(34)36-31-18-11-5-2-6-12-18/h1,3-4,9-10,16,21,32H,2,5-8,11-15,29H2,(H,30,33). The SMILES string of the molecule is NCCCCOc1c(Cl)cc(C(=O)NC(Cc2ccccc2)C(=O)ON=C2CCCCC2)c(O)c1Cl. The highest BCUT2D eigenvalue weighted by atomic mass is 35.5. The number of amides is 1. The molecule has 4 N–H and O–H groups in total. The van der Waals surface area contributed by atoms with Crippen LogP contribution < -0.4 is 15.8 Å². The molecule has 1 amide bonds. The van der Waals surface area contributed by atoms with Crippen molar-refractivity contribution in [1.29, 1.82) is 0 Å². The number of phenols is 1. The van der Waals surface area contributed by atoms with E-state index in [-0.39, 0.29) is 27.8 Å². The van der Waals surface area contributed by atoms with E-state index in [4.69, 9.17) is 38.5 Å². The lowest BCUT2D eigenvalue weighted by Crippen LogP contribution is -2.43. The monoisotopic (exact) mass is 535 g/mol. The summed E-state index contributed by atoms with van der Waals surface area (Å²) in [7, 11) is 0. The van der Waals surface area contributed by atoms with Gasteiger partial charge in [0.2, 0.25) is 0 Å². The number of carbonyl (C=O) groups is 2. The lowest BCUT2D eigenvalue weighted by molar-refractivity contribution is -0.146. The third kappa shape index (κ3) is 7.85. The normalized spacial score (nSPS) is 14.1. The Kier molecular flexibility index (Phi) is 10.8. The number of rotatable bonds is 11. The molecule has 0 radical (unpaired) electrons. The molecule has 8 nitrogen and oxygen atoms in total. The van der Waals surface area contributed by atoms with Crippen LogP contribution in [0.15, 0.2) is 41.6 Å². The first-order chi connectivity index (χ1) is 17.4. The zero-order chi connectivity index (χ0) is 25.9. The molecule has 2 aromatic rings. The van der Waals surface area contributed by atoms with Crippen molar-refractivity contribution in [2.45, 2.75) is 57.4 Å². The highest BCUT2D eigenvalue weighted by Gasteiger charge is 2.28. The van der Waals surface area contributed by atoms with E-state index in [1.54, 1.807) is 0 Å². The van der Waals surface area contributed by atoms with Gasteiger partial charge >= 0.3 is 5.97 Å². The summed E-state index contributed by atoms with van der Waals surface area (Å²) in [6, 6.07) is 9.38. The van der Waals surface area contributed by atoms with Crippen molar-refractivity contribution in [2.24, 2.45) is 10.9 Å². The molecule has 0 spiro atoms. The van der Waals surface area contributed by atoms with Crippen molar-refractivity contribution in [3.63, 3.8) is 0 Å². The van der Waals surface area contributed by atoms with Gasteiger partial charge < -0.3 is 25.7 Å². The molecule has 36 heavy (non-hydrogen) atoms. The molecule has 0 bridgehead atoms. The van der Waals surface area contributed by atoms with Crippen LogP contribution in [-0.2, 0) is 16.1 Å². The van der Waals surface area contributed by atoms with Gasteiger partial charge in [0.25, 0.3) is 5.91 Å². The third-order valence-corrected chi connectivity index (χ3v) is 6.44. The number of hydrogen-bond acceptors (Lipinski definition) is 7. The Bertz CT molecular complexity index is 1070. The van der Waals surface area contributed by atoms with Gasteiger partial charge in [-0.25, -0.2) is 4.79 Å². The van der Waals surface area contributed by atoms with Crippen molar-refractivity contribution in [1.82, 2.24) is 5.32 Å². The number of aromatic hydroxyl groups is 1. The molecule has 1 unspecified atom stereocenters. The summed E-state index contributed by atoms with van der Waals surface area (Å²) >= 11 is 12.5. The number of hydrogen-bond donors (Lipinski definition) is 3. The van der Waals surface area contributed by atoms with Crippen LogP contribution in [0.5, 0.6) is 11.5 Å². The highest BCUT2D eigenvalue weighted by molar-refractivity contribution is 6.39. The molecule has 0 heterocycles. The van der Waals surface area contributed by atoms with Crippen molar-refractivity contribution in [3.05, 3.63) is 57.6 Å². The number of unbranched alkanes of at least 4 members (excludes halogenated alkanes) is 1. The molecule has 1 aliphatic carbocycles. The van der Waals surface area contributed by atoms with Gasteiger partial charge in [0.15, 0.2) is 11.5 Å². The van der Waals surface area contributed by atoms with E-state index in [1.165, 1.54) is 6.07 Å². The molecule has 1 atom stereocenters. The van der Waals surface area contributed by atoms with Crippen LogP contribution in [0.3, 0.4) is 0 Å². The second-order valence-electron chi connectivity index (χ2n) is 8.59.